The van der Waals surface area contributed by atoms with Crippen molar-refractivity contribution in [1.29, 1.82) is 0 Å². The maximum absolute atomic E-state index is 12.6. The number of nitrogen functional groups attached to an aromatic ring is 1. The summed E-state index contributed by atoms with van der Waals surface area (Å²) >= 11 is 5.96. The Bertz CT molecular complexity index is 931. The topological polar surface area (TPSA) is 99.4 Å². The zero-order valence-electron chi connectivity index (χ0n) is 14.5. The molecule has 0 aliphatic heterocycles. The molecule has 138 valence electrons. The molecule has 0 aliphatic carbocycles. The normalized spacial score (nSPS) is 10.3. The fourth-order valence-corrected chi connectivity index (χ4v) is 2.55. The number of amides is 1. The number of nitrogens with two attached hydrogens (primary N) is 1. The summed E-state index contributed by atoms with van der Waals surface area (Å²) in [6.07, 6.45) is 1.22. The standard InChI is InChI=1S/C19H17ClN4O3/c1-26-15-9-13(27-10-12-5-3-2-4-6-12)7-8-14(15)19(25)24-16-17(20)22-11-23-18(16)21/h2-9,11H,10H2,1H3,(H,24,25)(H2,21,22,23). The monoisotopic (exact) mass is 384 g/mol. The molecule has 3 aromatic rings. The third-order valence-electron chi connectivity index (χ3n) is 3.73. The van der Waals surface area contributed by atoms with Crippen molar-refractivity contribution >= 4 is 29.0 Å². The van der Waals surface area contributed by atoms with Gasteiger partial charge in [-0.1, -0.05) is 41.9 Å². The van der Waals surface area contributed by atoms with Gasteiger partial charge < -0.3 is 20.5 Å². The molecule has 1 amide bonds. The molecule has 2 aromatic carbocycles. The largest absolute Gasteiger partial charge is 0.496 e. The fraction of sp³-hybridized carbons (Fsp3) is 0.105. The number of methoxy groups -OCH3 is 1. The number of carbonyl (C=O) groups excluding carboxylic acids is 1. The second-order valence-electron chi connectivity index (χ2n) is 5.52. The van der Waals surface area contributed by atoms with Crippen LogP contribution < -0.4 is 20.5 Å². The molecule has 3 rings (SSSR count). The first-order valence-corrected chi connectivity index (χ1v) is 8.38. The zero-order chi connectivity index (χ0) is 19.2. The molecule has 1 heterocycles. The van der Waals surface area contributed by atoms with Crippen molar-refractivity contribution in [2.24, 2.45) is 0 Å². The van der Waals surface area contributed by atoms with Crippen LogP contribution >= 0.6 is 11.6 Å². The fourth-order valence-electron chi connectivity index (χ4n) is 2.36. The van der Waals surface area contributed by atoms with Crippen LogP contribution in [0.3, 0.4) is 0 Å². The predicted molar refractivity (Wildman–Crippen MR) is 103 cm³/mol. The molecular weight excluding hydrogens is 368 g/mol. The van der Waals surface area contributed by atoms with Gasteiger partial charge in [0.05, 0.1) is 12.7 Å². The van der Waals surface area contributed by atoms with Crippen LogP contribution in [0.2, 0.25) is 5.15 Å². The number of anilines is 2. The molecule has 27 heavy (non-hydrogen) atoms. The van der Waals surface area contributed by atoms with E-state index in [-0.39, 0.29) is 16.7 Å². The Kier molecular flexibility index (Phi) is 5.73. The van der Waals surface area contributed by atoms with Crippen molar-refractivity contribution < 1.29 is 14.3 Å². The highest BCUT2D eigenvalue weighted by atomic mass is 35.5. The minimum Gasteiger partial charge on any atom is -0.496 e. The quantitative estimate of drug-likeness (QED) is 0.630. The van der Waals surface area contributed by atoms with Crippen molar-refractivity contribution in [3.05, 3.63) is 71.1 Å². The first kappa shape index (κ1) is 18.5. The average molecular weight is 385 g/mol. The second kappa shape index (κ2) is 8.37. The van der Waals surface area contributed by atoms with E-state index in [0.717, 1.165) is 5.56 Å². The number of hydrogen-bond acceptors (Lipinski definition) is 6. The van der Waals surface area contributed by atoms with Crippen LogP contribution in [0, 0.1) is 0 Å². The number of benzene rings is 2. The molecular formula is C19H17ClN4O3. The molecule has 7 nitrogen and oxygen atoms in total. The van der Waals surface area contributed by atoms with E-state index >= 15 is 0 Å². The van der Waals surface area contributed by atoms with Gasteiger partial charge >= 0.3 is 0 Å². The SMILES string of the molecule is COc1cc(OCc2ccccc2)ccc1C(=O)Nc1c(N)ncnc1Cl. The Hall–Kier alpha value is -3.32. The molecule has 1 aromatic heterocycles. The lowest BCUT2D eigenvalue weighted by molar-refractivity contribution is 0.102. The Morgan fingerprint density at radius 3 is 2.67 bits per heavy atom. The third kappa shape index (κ3) is 4.45. The van der Waals surface area contributed by atoms with Crippen LogP contribution in [0.1, 0.15) is 15.9 Å². The van der Waals surface area contributed by atoms with Crippen molar-refractivity contribution in [2.75, 3.05) is 18.2 Å². The van der Waals surface area contributed by atoms with E-state index in [0.29, 0.717) is 23.7 Å². The summed E-state index contributed by atoms with van der Waals surface area (Å²) in [6, 6.07) is 14.7. The lowest BCUT2D eigenvalue weighted by Crippen LogP contribution is -2.15. The Balaban J connectivity index is 1.76. The number of ether oxygens (including phenoxy) is 2. The van der Waals surface area contributed by atoms with Crippen LogP contribution in [0.5, 0.6) is 11.5 Å². The number of aromatic nitrogens is 2. The van der Waals surface area contributed by atoms with Crippen molar-refractivity contribution in [2.45, 2.75) is 6.61 Å². The van der Waals surface area contributed by atoms with Gasteiger partial charge in [0.15, 0.2) is 11.0 Å². The highest BCUT2D eigenvalue weighted by molar-refractivity contribution is 6.33. The summed E-state index contributed by atoms with van der Waals surface area (Å²) < 4.78 is 11.1. The smallest absolute Gasteiger partial charge is 0.259 e. The van der Waals surface area contributed by atoms with Gasteiger partial charge in [0.25, 0.3) is 5.91 Å². The summed E-state index contributed by atoms with van der Waals surface area (Å²) in [5, 5.41) is 2.66. The molecule has 8 heteroatoms. The molecule has 0 saturated heterocycles. The zero-order valence-corrected chi connectivity index (χ0v) is 15.2. The van der Waals surface area contributed by atoms with E-state index in [1.807, 2.05) is 30.3 Å². The molecule has 0 spiro atoms. The van der Waals surface area contributed by atoms with E-state index in [1.54, 1.807) is 18.2 Å². The summed E-state index contributed by atoms with van der Waals surface area (Å²) in [4.78, 5) is 20.2. The van der Waals surface area contributed by atoms with Gasteiger partial charge in [-0.15, -0.1) is 0 Å². The predicted octanol–water partition coefficient (Wildman–Crippen LogP) is 3.55. The van der Waals surface area contributed by atoms with Gasteiger partial charge in [-0.05, 0) is 17.7 Å². The number of nitrogens with zero attached hydrogens (tertiary/aromatic N) is 2. The number of nitrogens with one attached hydrogen (secondary N) is 1. The maximum Gasteiger partial charge on any atom is 0.259 e. The molecule has 0 atom stereocenters. The average Bonchev–Trinajstić information content (AvgIpc) is 2.69. The Morgan fingerprint density at radius 1 is 1.19 bits per heavy atom. The first-order valence-electron chi connectivity index (χ1n) is 8.00. The van der Waals surface area contributed by atoms with Crippen molar-refractivity contribution in [3.63, 3.8) is 0 Å². The van der Waals surface area contributed by atoms with E-state index in [2.05, 4.69) is 15.3 Å². The summed E-state index contributed by atoms with van der Waals surface area (Å²) in [7, 11) is 1.47. The van der Waals surface area contributed by atoms with Gasteiger partial charge in [-0.2, -0.15) is 0 Å². The maximum atomic E-state index is 12.6. The van der Waals surface area contributed by atoms with Gasteiger partial charge in [0, 0.05) is 6.07 Å². The molecule has 0 bridgehead atoms. The highest BCUT2D eigenvalue weighted by Crippen LogP contribution is 2.28. The van der Waals surface area contributed by atoms with Crippen molar-refractivity contribution in [3.8, 4) is 11.5 Å². The summed E-state index contributed by atoms with van der Waals surface area (Å²) in [5.74, 6) is 0.549. The lowest BCUT2D eigenvalue weighted by Gasteiger charge is -2.13. The van der Waals surface area contributed by atoms with Crippen LogP contribution in [-0.2, 0) is 6.61 Å². The lowest BCUT2D eigenvalue weighted by atomic mass is 10.1. The molecule has 0 saturated carbocycles. The number of hydrogen-bond donors (Lipinski definition) is 2. The van der Waals surface area contributed by atoms with E-state index in [1.165, 1.54) is 13.4 Å². The number of halogens is 1. The van der Waals surface area contributed by atoms with Gasteiger partial charge in [-0.25, -0.2) is 9.97 Å². The van der Waals surface area contributed by atoms with Crippen molar-refractivity contribution in [1.82, 2.24) is 9.97 Å². The van der Waals surface area contributed by atoms with Gasteiger partial charge in [-0.3, -0.25) is 4.79 Å². The number of rotatable bonds is 6. The Labute approximate surface area is 161 Å². The van der Waals surface area contributed by atoms with Gasteiger partial charge in [0.1, 0.15) is 30.1 Å². The highest BCUT2D eigenvalue weighted by Gasteiger charge is 2.17. The van der Waals surface area contributed by atoms with E-state index in [9.17, 15) is 4.79 Å². The van der Waals surface area contributed by atoms with Crippen LogP contribution in [-0.4, -0.2) is 23.0 Å². The summed E-state index contributed by atoms with van der Waals surface area (Å²) in [5.41, 5.74) is 7.21. The van der Waals surface area contributed by atoms with E-state index in [4.69, 9.17) is 26.8 Å². The molecule has 0 unspecified atom stereocenters. The second-order valence-corrected chi connectivity index (χ2v) is 5.87. The number of carbonyl (C=O) groups is 1. The van der Waals surface area contributed by atoms with Crippen LogP contribution in [0.25, 0.3) is 0 Å². The molecule has 0 aliphatic rings. The Morgan fingerprint density at radius 2 is 1.96 bits per heavy atom. The molecule has 0 fully saturated rings. The minimum absolute atomic E-state index is 0.0534. The van der Waals surface area contributed by atoms with Crippen LogP contribution in [0.4, 0.5) is 11.5 Å². The first-order chi connectivity index (χ1) is 13.1. The third-order valence-corrected chi connectivity index (χ3v) is 4.02. The van der Waals surface area contributed by atoms with E-state index < -0.39 is 5.91 Å². The minimum atomic E-state index is -0.454. The molecule has 0 radical (unpaired) electrons. The summed E-state index contributed by atoms with van der Waals surface area (Å²) in [6.45, 7) is 0.406. The van der Waals surface area contributed by atoms with Crippen LogP contribution in [0.15, 0.2) is 54.9 Å². The molecule has 3 N–H and O–H groups in total. The van der Waals surface area contributed by atoms with Gasteiger partial charge in [0.2, 0.25) is 0 Å².